The van der Waals surface area contributed by atoms with Gasteiger partial charge in [-0.1, -0.05) is 18.2 Å². The van der Waals surface area contributed by atoms with Gasteiger partial charge >= 0.3 is 0 Å². The van der Waals surface area contributed by atoms with Gasteiger partial charge in [0.15, 0.2) is 0 Å². The number of hydrogen-bond donors (Lipinski definition) is 1. The van der Waals surface area contributed by atoms with Crippen molar-refractivity contribution in [1.82, 2.24) is 15.1 Å². The molecule has 146 valence electrons. The van der Waals surface area contributed by atoms with E-state index in [1.807, 2.05) is 6.07 Å². The molecule has 1 fully saturated rings. The van der Waals surface area contributed by atoms with Crippen molar-refractivity contribution in [3.63, 3.8) is 0 Å². The maximum Gasteiger partial charge on any atom is 0.261 e. The second kappa shape index (κ2) is 8.24. The molecule has 0 aliphatic carbocycles. The highest BCUT2D eigenvalue weighted by molar-refractivity contribution is 7.10. The van der Waals surface area contributed by atoms with Crippen molar-refractivity contribution < 1.29 is 14.4 Å². The number of likely N-dealkylation sites (tertiary alicyclic amines) is 1. The van der Waals surface area contributed by atoms with Crippen molar-refractivity contribution in [3.8, 4) is 0 Å². The van der Waals surface area contributed by atoms with Crippen LogP contribution in [0.25, 0.3) is 0 Å². The maximum absolute atomic E-state index is 12.4. The van der Waals surface area contributed by atoms with E-state index in [1.54, 1.807) is 35.6 Å². The van der Waals surface area contributed by atoms with Crippen LogP contribution in [0, 0.1) is 0 Å². The van der Waals surface area contributed by atoms with Gasteiger partial charge in [-0.25, -0.2) is 0 Å². The molecule has 1 atom stereocenters. The zero-order valence-electron chi connectivity index (χ0n) is 15.6. The first-order valence-corrected chi connectivity index (χ1v) is 10.5. The lowest BCUT2D eigenvalue weighted by atomic mass is 10.1. The average Bonchev–Trinajstić information content (AvgIpc) is 3.45. The second-order valence-corrected chi connectivity index (χ2v) is 8.12. The summed E-state index contributed by atoms with van der Waals surface area (Å²) in [4.78, 5) is 42.0. The molecule has 1 N–H and O–H groups in total. The smallest absolute Gasteiger partial charge is 0.261 e. The fourth-order valence-electron chi connectivity index (χ4n) is 3.90. The minimum absolute atomic E-state index is 0.103. The quantitative estimate of drug-likeness (QED) is 0.730. The van der Waals surface area contributed by atoms with Crippen molar-refractivity contribution in [2.45, 2.75) is 25.3 Å². The Hall–Kier alpha value is -2.51. The van der Waals surface area contributed by atoms with Crippen molar-refractivity contribution in [2.24, 2.45) is 0 Å². The van der Waals surface area contributed by atoms with Crippen LogP contribution >= 0.6 is 11.3 Å². The molecular weight excluding hydrogens is 374 g/mol. The number of rotatable bonds is 7. The number of carbonyl (C=O) groups excluding carboxylic acids is 3. The molecule has 4 rings (SSSR count). The van der Waals surface area contributed by atoms with E-state index >= 15 is 0 Å². The molecule has 0 bridgehead atoms. The molecule has 7 heteroatoms. The summed E-state index contributed by atoms with van der Waals surface area (Å²) in [7, 11) is 0. The van der Waals surface area contributed by atoms with Crippen LogP contribution in [-0.2, 0) is 4.79 Å². The molecule has 1 aromatic carbocycles. The fourth-order valence-corrected chi connectivity index (χ4v) is 4.76. The zero-order valence-corrected chi connectivity index (χ0v) is 16.4. The van der Waals surface area contributed by atoms with E-state index in [4.69, 9.17) is 0 Å². The van der Waals surface area contributed by atoms with Crippen molar-refractivity contribution >= 4 is 29.1 Å². The molecule has 3 heterocycles. The molecule has 0 saturated carbocycles. The highest BCUT2D eigenvalue weighted by atomic mass is 32.1. The van der Waals surface area contributed by atoms with Crippen LogP contribution in [0.3, 0.4) is 0 Å². The third kappa shape index (κ3) is 3.72. The molecular formula is C21H23N3O3S. The van der Waals surface area contributed by atoms with Gasteiger partial charge in [-0.05, 0) is 49.5 Å². The number of nitrogens with zero attached hydrogens (tertiary/aromatic N) is 2. The van der Waals surface area contributed by atoms with Gasteiger partial charge < -0.3 is 5.32 Å². The third-order valence-electron chi connectivity index (χ3n) is 5.39. The van der Waals surface area contributed by atoms with E-state index in [2.05, 4.69) is 21.7 Å². The standard InChI is InChI=1S/C21H23N3O3S/c25-19(9-12-24-20(26)15-6-1-2-7-16(15)21(24)27)22-14-17(18-8-5-13-28-18)23-10-3-4-11-23/h1-2,5-8,13,17H,3-4,9-12,14H2,(H,22,25)/t17-/m0/s1. The van der Waals surface area contributed by atoms with E-state index in [-0.39, 0.29) is 36.7 Å². The molecule has 2 aromatic rings. The number of thiophene rings is 1. The minimum atomic E-state index is -0.318. The van der Waals surface area contributed by atoms with Crippen LogP contribution in [-0.4, -0.2) is 53.7 Å². The van der Waals surface area contributed by atoms with Gasteiger partial charge in [-0.3, -0.25) is 24.2 Å². The number of fused-ring (bicyclic) bond motifs is 1. The van der Waals surface area contributed by atoms with Crippen molar-refractivity contribution in [3.05, 3.63) is 57.8 Å². The van der Waals surface area contributed by atoms with Crippen molar-refractivity contribution in [1.29, 1.82) is 0 Å². The maximum atomic E-state index is 12.4. The summed E-state index contributed by atoms with van der Waals surface area (Å²) in [5, 5.41) is 5.06. The van der Waals surface area contributed by atoms with Gasteiger partial charge in [0.1, 0.15) is 0 Å². The van der Waals surface area contributed by atoms with Crippen LogP contribution in [0.1, 0.15) is 50.9 Å². The summed E-state index contributed by atoms with van der Waals surface area (Å²) in [6.07, 6.45) is 2.49. The molecule has 2 aliphatic heterocycles. The first kappa shape index (κ1) is 18.8. The minimum Gasteiger partial charge on any atom is -0.354 e. The Morgan fingerprint density at radius 3 is 2.32 bits per heavy atom. The Morgan fingerprint density at radius 2 is 1.71 bits per heavy atom. The van der Waals surface area contributed by atoms with Gasteiger partial charge in [-0.15, -0.1) is 11.3 Å². The Morgan fingerprint density at radius 1 is 1.04 bits per heavy atom. The van der Waals surface area contributed by atoms with Crippen LogP contribution in [0.2, 0.25) is 0 Å². The van der Waals surface area contributed by atoms with E-state index in [1.165, 1.54) is 22.6 Å². The predicted octanol–water partition coefficient (Wildman–Crippen LogP) is 2.69. The summed E-state index contributed by atoms with van der Waals surface area (Å²) >= 11 is 1.71. The molecule has 1 aromatic heterocycles. The van der Waals surface area contributed by atoms with Gasteiger partial charge in [0.2, 0.25) is 5.91 Å². The first-order chi connectivity index (χ1) is 13.6. The molecule has 0 unspecified atom stereocenters. The van der Waals surface area contributed by atoms with Gasteiger partial charge in [-0.2, -0.15) is 0 Å². The number of carbonyl (C=O) groups is 3. The lowest BCUT2D eigenvalue weighted by molar-refractivity contribution is -0.121. The number of nitrogens with one attached hydrogen (secondary N) is 1. The highest BCUT2D eigenvalue weighted by Gasteiger charge is 2.35. The first-order valence-electron chi connectivity index (χ1n) is 9.64. The third-order valence-corrected chi connectivity index (χ3v) is 6.36. The summed E-state index contributed by atoms with van der Waals surface area (Å²) < 4.78 is 0. The average molecular weight is 398 g/mol. The lowest BCUT2D eigenvalue weighted by Crippen LogP contribution is -2.38. The molecule has 1 saturated heterocycles. The van der Waals surface area contributed by atoms with Gasteiger partial charge in [0.25, 0.3) is 11.8 Å². The Bertz CT molecular complexity index is 840. The molecule has 2 aliphatic rings. The Labute approximate surface area is 168 Å². The Kier molecular flexibility index (Phi) is 5.54. The van der Waals surface area contributed by atoms with Crippen LogP contribution in [0.5, 0.6) is 0 Å². The number of imide groups is 1. The molecule has 0 radical (unpaired) electrons. The second-order valence-electron chi connectivity index (χ2n) is 7.14. The summed E-state index contributed by atoms with van der Waals surface area (Å²) in [6, 6.07) is 11.1. The van der Waals surface area contributed by atoms with E-state index in [0.29, 0.717) is 17.7 Å². The predicted molar refractivity (Wildman–Crippen MR) is 107 cm³/mol. The normalized spacial score (nSPS) is 17.8. The van der Waals surface area contributed by atoms with Crippen LogP contribution in [0.15, 0.2) is 41.8 Å². The number of benzene rings is 1. The fraction of sp³-hybridized carbons (Fsp3) is 0.381. The topological polar surface area (TPSA) is 69.7 Å². The monoisotopic (exact) mass is 397 g/mol. The summed E-state index contributed by atoms with van der Waals surface area (Å²) in [5.74, 6) is -0.777. The lowest BCUT2D eigenvalue weighted by Gasteiger charge is -2.27. The largest absolute Gasteiger partial charge is 0.354 e. The number of hydrogen-bond acceptors (Lipinski definition) is 5. The number of amides is 3. The molecule has 3 amide bonds. The van der Waals surface area contributed by atoms with E-state index in [0.717, 1.165) is 13.1 Å². The molecule has 6 nitrogen and oxygen atoms in total. The SMILES string of the molecule is O=C(CCN1C(=O)c2ccccc2C1=O)NC[C@@H](c1cccs1)N1CCCC1. The zero-order chi connectivity index (χ0) is 19.5. The molecule has 28 heavy (non-hydrogen) atoms. The molecule has 0 spiro atoms. The van der Waals surface area contributed by atoms with E-state index < -0.39 is 0 Å². The van der Waals surface area contributed by atoms with Crippen molar-refractivity contribution in [2.75, 3.05) is 26.2 Å². The van der Waals surface area contributed by atoms with Gasteiger partial charge in [0, 0.05) is 24.4 Å². The summed E-state index contributed by atoms with van der Waals surface area (Å²) in [6.45, 7) is 2.74. The van der Waals surface area contributed by atoms with Crippen LogP contribution < -0.4 is 5.32 Å². The van der Waals surface area contributed by atoms with E-state index in [9.17, 15) is 14.4 Å². The Balaban J connectivity index is 1.32. The van der Waals surface area contributed by atoms with Gasteiger partial charge in [0.05, 0.1) is 17.2 Å². The summed E-state index contributed by atoms with van der Waals surface area (Å²) in [5.41, 5.74) is 0.833. The highest BCUT2D eigenvalue weighted by Crippen LogP contribution is 2.28. The van der Waals surface area contributed by atoms with Crippen LogP contribution in [0.4, 0.5) is 0 Å².